The van der Waals surface area contributed by atoms with E-state index in [-0.39, 0.29) is 5.78 Å². The third-order valence-corrected chi connectivity index (χ3v) is 2.49. The van der Waals surface area contributed by atoms with E-state index in [1.807, 2.05) is 12.1 Å². The van der Waals surface area contributed by atoms with Gasteiger partial charge in [0.05, 0.1) is 0 Å². The van der Waals surface area contributed by atoms with E-state index in [0.717, 1.165) is 5.56 Å². The van der Waals surface area contributed by atoms with Crippen molar-refractivity contribution < 1.29 is 4.79 Å². The van der Waals surface area contributed by atoms with Crippen LogP contribution in [0.1, 0.15) is 15.9 Å². The van der Waals surface area contributed by atoms with Gasteiger partial charge in [0, 0.05) is 23.0 Å². The summed E-state index contributed by atoms with van der Waals surface area (Å²) in [6.45, 7) is 0. The molecule has 0 fully saturated rings. The van der Waals surface area contributed by atoms with Gasteiger partial charge in [-0.15, -0.1) is 0 Å². The minimum absolute atomic E-state index is 0.0504. The third-order valence-electron chi connectivity index (χ3n) is 2.24. The second-order valence-corrected chi connectivity index (χ2v) is 3.93. The first-order valence-electron chi connectivity index (χ1n) is 5.14. The summed E-state index contributed by atoms with van der Waals surface area (Å²) >= 11 is 5.75. The summed E-state index contributed by atoms with van der Waals surface area (Å²) in [5.41, 5.74) is 1.52. The van der Waals surface area contributed by atoms with Gasteiger partial charge in [0.15, 0.2) is 5.78 Å². The Balaban J connectivity index is 2.12. The maximum Gasteiger partial charge on any atom is 0.185 e. The first-order chi connectivity index (χ1) is 8.25. The molecule has 0 atom stereocenters. The zero-order valence-electron chi connectivity index (χ0n) is 9.01. The summed E-state index contributed by atoms with van der Waals surface area (Å²) in [7, 11) is 0. The lowest BCUT2D eigenvalue weighted by atomic mass is 10.1. The van der Waals surface area contributed by atoms with Gasteiger partial charge in [-0.25, -0.2) is 0 Å². The van der Waals surface area contributed by atoms with Crippen LogP contribution in [0.3, 0.4) is 0 Å². The second kappa shape index (κ2) is 5.41. The number of hydrogen-bond donors (Lipinski definition) is 0. The summed E-state index contributed by atoms with van der Waals surface area (Å²) in [4.78, 5) is 15.7. The Labute approximate surface area is 105 Å². The molecule has 1 aromatic heterocycles. The fourth-order valence-electron chi connectivity index (χ4n) is 1.36. The normalized spacial score (nSPS) is 10.6. The molecule has 0 amide bonds. The number of ketones is 1. The van der Waals surface area contributed by atoms with Crippen molar-refractivity contribution >= 4 is 23.5 Å². The van der Waals surface area contributed by atoms with Crippen molar-refractivity contribution in [2.75, 3.05) is 0 Å². The largest absolute Gasteiger partial charge is 0.289 e. The zero-order valence-corrected chi connectivity index (χ0v) is 9.76. The van der Waals surface area contributed by atoms with E-state index in [0.29, 0.717) is 10.6 Å². The number of hydrogen-bond acceptors (Lipinski definition) is 2. The number of carbonyl (C=O) groups excluding carboxylic acids is 1. The Bertz CT molecular complexity index is 532. The molecular formula is C14H10ClNO. The van der Waals surface area contributed by atoms with Crippen molar-refractivity contribution in [3.8, 4) is 0 Å². The quantitative estimate of drug-likeness (QED) is 0.609. The molecule has 17 heavy (non-hydrogen) atoms. The van der Waals surface area contributed by atoms with Crippen molar-refractivity contribution in [1.82, 2.24) is 4.98 Å². The Morgan fingerprint density at radius 2 is 1.94 bits per heavy atom. The van der Waals surface area contributed by atoms with Crippen molar-refractivity contribution in [3.63, 3.8) is 0 Å². The summed E-state index contributed by atoms with van der Waals surface area (Å²) in [5, 5.41) is 0.623. The van der Waals surface area contributed by atoms with Crippen LogP contribution in [0, 0.1) is 0 Å². The highest BCUT2D eigenvalue weighted by atomic mass is 35.5. The molecule has 2 rings (SSSR count). The highest BCUT2D eigenvalue weighted by Gasteiger charge is 2.00. The van der Waals surface area contributed by atoms with Gasteiger partial charge in [-0.1, -0.05) is 17.7 Å². The maximum absolute atomic E-state index is 11.8. The number of pyridine rings is 1. The van der Waals surface area contributed by atoms with Gasteiger partial charge < -0.3 is 0 Å². The first-order valence-corrected chi connectivity index (χ1v) is 5.51. The molecule has 0 aliphatic heterocycles. The van der Waals surface area contributed by atoms with E-state index in [1.54, 1.807) is 42.7 Å². The van der Waals surface area contributed by atoms with Crippen LogP contribution < -0.4 is 0 Å². The molecule has 0 bridgehead atoms. The van der Waals surface area contributed by atoms with E-state index in [9.17, 15) is 4.79 Å². The van der Waals surface area contributed by atoms with E-state index >= 15 is 0 Å². The van der Waals surface area contributed by atoms with Crippen LogP contribution in [0.25, 0.3) is 6.08 Å². The number of nitrogens with zero attached hydrogens (tertiary/aromatic N) is 1. The molecule has 0 radical (unpaired) electrons. The predicted octanol–water partition coefficient (Wildman–Crippen LogP) is 3.63. The lowest BCUT2D eigenvalue weighted by molar-refractivity contribution is 0.104. The maximum atomic E-state index is 11.8. The van der Waals surface area contributed by atoms with E-state index < -0.39 is 0 Å². The SMILES string of the molecule is O=C(C=Cc1cccnc1)c1ccc(Cl)cc1. The molecule has 0 spiro atoms. The summed E-state index contributed by atoms with van der Waals surface area (Å²) in [5.74, 6) is -0.0504. The van der Waals surface area contributed by atoms with Gasteiger partial charge >= 0.3 is 0 Å². The van der Waals surface area contributed by atoms with Crippen molar-refractivity contribution in [2.24, 2.45) is 0 Å². The number of allylic oxidation sites excluding steroid dienone is 1. The van der Waals surface area contributed by atoms with Gasteiger partial charge in [0.1, 0.15) is 0 Å². The Morgan fingerprint density at radius 1 is 1.18 bits per heavy atom. The summed E-state index contributed by atoms with van der Waals surface area (Å²) in [6, 6.07) is 10.5. The van der Waals surface area contributed by atoms with Crippen molar-refractivity contribution in [3.05, 3.63) is 71.0 Å². The van der Waals surface area contributed by atoms with Gasteiger partial charge in [0.2, 0.25) is 0 Å². The monoisotopic (exact) mass is 243 g/mol. The highest BCUT2D eigenvalue weighted by molar-refractivity contribution is 6.30. The molecule has 0 aliphatic carbocycles. The number of benzene rings is 1. The standard InChI is InChI=1S/C14H10ClNO/c15-13-6-4-12(5-7-13)14(17)8-3-11-2-1-9-16-10-11/h1-10H. The average Bonchev–Trinajstić information content (AvgIpc) is 2.38. The van der Waals surface area contributed by atoms with Crippen LogP contribution in [0.4, 0.5) is 0 Å². The Kier molecular flexibility index (Phi) is 3.68. The van der Waals surface area contributed by atoms with Gasteiger partial charge in [-0.2, -0.15) is 0 Å². The molecule has 0 aliphatic rings. The molecule has 0 saturated heterocycles. The third kappa shape index (κ3) is 3.26. The predicted molar refractivity (Wildman–Crippen MR) is 69.1 cm³/mol. The summed E-state index contributed by atoms with van der Waals surface area (Å²) in [6.07, 6.45) is 6.66. The fraction of sp³-hybridized carbons (Fsp3) is 0. The van der Waals surface area contributed by atoms with Crippen LogP contribution in [-0.2, 0) is 0 Å². The van der Waals surface area contributed by atoms with E-state index in [4.69, 9.17) is 11.6 Å². The molecule has 0 unspecified atom stereocenters. The molecule has 1 aromatic carbocycles. The number of carbonyl (C=O) groups is 1. The molecule has 2 aromatic rings. The van der Waals surface area contributed by atoms with E-state index in [2.05, 4.69) is 4.98 Å². The Hall–Kier alpha value is -1.93. The zero-order chi connectivity index (χ0) is 12.1. The minimum Gasteiger partial charge on any atom is -0.289 e. The minimum atomic E-state index is -0.0504. The fourth-order valence-corrected chi connectivity index (χ4v) is 1.48. The number of aromatic nitrogens is 1. The van der Waals surface area contributed by atoms with Gasteiger partial charge in [0.25, 0.3) is 0 Å². The second-order valence-electron chi connectivity index (χ2n) is 3.49. The van der Waals surface area contributed by atoms with Crippen LogP contribution >= 0.6 is 11.6 Å². The van der Waals surface area contributed by atoms with Crippen molar-refractivity contribution in [1.29, 1.82) is 0 Å². The Morgan fingerprint density at radius 3 is 2.59 bits per heavy atom. The molecule has 1 heterocycles. The van der Waals surface area contributed by atoms with Crippen molar-refractivity contribution in [2.45, 2.75) is 0 Å². The van der Waals surface area contributed by atoms with E-state index in [1.165, 1.54) is 6.08 Å². The highest BCUT2D eigenvalue weighted by Crippen LogP contribution is 2.11. The lowest BCUT2D eigenvalue weighted by Gasteiger charge is -1.95. The number of rotatable bonds is 3. The van der Waals surface area contributed by atoms with Gasteiger partial charge in [-0.3, -0.25) is 9.78 Å². The lowest BCUT2D eigenvalue weighted by Crippen LogP contribution is -1.93. The molecule has 2 nitrogen and oxygen atoms in total. The number of halogens is 1. The molecule has 84 valence electrons. The van der Waals surface area contributed by atoms with Crippen LogP contribution in [0.15, 0.2) is 54.9 Å². The topological polar surface area (TPSA) is 30.0 Å². The average molecular weight is 244 g/mol. The molecule has 3 heteroatoms. The first kappa shape index (κ1) is 11.6. The van der Waals surface area contributed by atoms with Gasteiger partial charge in [-0.05, 0) is 48.0 Å². The molecule has 0 saturated carbocycles. The summed E-state index contributed by atoms with van der Waals surface area (Å²) < 4.78 is 0. The van der Waals surface area contributed by atoms with Crippen LogP contribution in [-0.4, -0.2) is 10.8 Å². The smallest absolute Gasteiger partial charge is 0.185 e. The molecular weight excluding hydrogens is 234 g/mol. The molecule has 0 N–H and O–H groups in total. The van der Waals surface area contributed by atoms with Crippen LogP contribution in [0.5, 0.6) is 0 Å². The van der Waals surface area contributed by atoms with Crippen LogP contribution in [0.2, 0.25) is 5.02 Å².